The first-order valence-electron chi connectivity index (χ1n) is 19.5. The van der Waals surface area contributed by atoms with Gasteiger partial charge in [-0.25, -0.2) is 13.2 Å². The highest BCUT2D eigenvalue weighted by molar-refractivity contribution is 7.91. The Bertz CT molecular complexity index is 1500. The van der Waals surface area contributed by atoms with Gasteiger partial charge in [0.05, 0.1) is 5.25 Å². The Morgan fingerprint density at radius 1 is 0.959 bits per heavy atom. The van der Waals surface area contributed by atoms with E-state index in [4.69, 9.17) is 5.11 Å². The molecule has 0 unspecified atom stereocenters. The lowest BCUT2D eigenvalue weighted by atomic mass is 9.33. The summed E-state index contributed by atoms with van der Waals surface area (Å²) in [4.78, 5) is 13.5. The van der Waals surface area contributed by atoms with Gasteiger partial charge in [-0.3, -0.25) is 0 Å². The van der Waals surface area contributed by atoms with Crippen LogP contribution in [-0.2, 0) is 14.6 Å². The van der Waals surface area contributed by atoms with Crippen LogP contribution < -0.4 is 5.32 Å². The van der Waals surface area contributed by atoms with Crippen LogP contribution in [0, 0.1) is 51.2 Å². The van der Waals surface area contributed by atoms with E-state index in [1.807, 2.05) is 6.08 Å². The first-order valence-corrected chi connectivity index (χ1v) is 21.4. The van der Waals surface area contributed by atoms with Crippen molar-refractivity contribution >= 4 is 15.8 Å². The van der Waals surface area contributed by atoms with Crippen LogP contribution in [0.4, 0.5) is 0 Å². The molecule has 274 valence electrons. The van der Waals surface area contributed by atoms with E-state index >= 15 is 0 Å². The maximum Gasteiger partial charge on any atom is 0.328 e. The fourth-order valence-corrected chi connectivity index (χ4v) is 14.8. The average molecular weight is 695 g/mol. The van der Waals surface area contributed by atoms with Crippen molar-refractivity contribution in [3.05, 3.63) is 48.1 Å². The van der Waals surface area contributed by atoms with E-state index in [-0.39, 0.29) is 21.6 Å². The predicted octanol–water partition coefficient (Wildman–Crippen LogP) is 8.23. The van der Waals surface area contributed by atoms with Crippen LogP contribution >= 0.6 is 0 Å². The van der Waals surface area contributed by atoms with Crippen molar-refractivity contribution in [3.8, 4) is 0 Å². The van der Waals surface area contributed by atoms with Gasteiger partial charge in [-0.2, -0.15) is 0 Å². The number of piperidine rings is 1. The maximum atomic E-state index is 12.1. The molecule has 4 saturated carbocycles. The Balaban J connectivity index is 1.21. The lowest BCUT2D eigenvalue weighted by Gasteiger charge is -2.72. The molecule has 2 N–H and O–H groups in total. The molecule has 0 aromatic carbocycles. The number of nitrogens with one attached hydrogen (secondary N) is 1. The number of hydrogen-bond acceptors (Lipinski definition) is 5. The highest BCUT2D eigenvalue weighted by Crippen LogP contribution is 2.76. The first-order chi connectivity index (χ1) is 22.9. The number of rotatable bonds is 9. The van der Waals surface area contributed by atoms with E-state index in [1.54, 1.807) is 6.08 Å². The lowest BCUT2D eigenvalue weighted by Crippen LogP contribution is -2.68. The second-order valence-electron chi connectivity index (χ2n) is 18.8. The zero-order chi connectivity index (χ0) is 35.6. The highest BCUT2D eigenvalue weighted by atomic mass is 32.2. The van der Waals surface area contributed by atoms with Gasteiger partial charge in [0.25, 0.3) is 0 Å². The second kappa shape index (κ2) is 13.1. The highest BCUT2D eigenvalue weighted by Gasteiger charge is 2.70. The van der Waals surface area contributed by atoms with E-state index in [1.165, 1.54) is 74.8 Å². The van der Waals surface area contributed by atoms with Crippen molar-refractivity contribution in [1.29, 1.82) is 0 Å². The molecule has 9 atom stereocenters. The van der Waals surface area contributed by atoms with E-state index in [0.717, 1.165) is 45.4 Å². The van der Waals surface area contributed by atoms with Gasteiger partial charge in [-0.05, 0) is 147 Å². The third-order valence-corrected chi connectivity index (χ3v) is 18.1. The van der Waals surface area contributed by atoms with Crippen molar-refractivity contribution in [3.63, 3.8) is 0 Å². The summed E-state index contributed by atoms with van der Waals surface area (Å²) >= 11 is 0. The van der Waals surface area contributed by atoms with Crippen LogP contribution in [0.2, 0.25) is 0 Å². The summed E-state index contributed by atoms with van der Waals surface area (Å²) in [6, 6.07) is 0. The molecule has 1 saturated heterocycles. The summed E-state index contributed by atoms with van der Waals surface area (Å²) in [5, 5.41) is 13.1. The monoisotopic (exact) mass is 694 g/mol. The Morgan fingerprint density at radius 3 is 2.33 bits per heavy atom. The van der Waals surface area contributed by atoms with Crippen molar-refractivity contribution in [1.82, 2.24) is 10.2 Å². The van der Waals surface area contributed by atoms with Crippen molar-refractivity contribution < 1.29 is 18.3 Å². The van der Waals surface area contributed by atoms with Gasteiger partial charge in [0, 0.05) is 31.0 Å². The molecule has 0 bridgehead atoms. The van der Waals surface area contributed by atoms with E-state index in [9.17, 15) is 13.2 Å². The molecular weight excluding hydrogens is 629 g/mol. The number of likely N-dealkylation sites (tertiary alicyclic amines) is 1. The van der Waals surface area contributed by atoms with Crippen molar-refractivity contribution in [2.45, 2.75) is 123 Å². The van der Waals surface area contributed by atoms with Gasteiger partial charge < -0.3 is 15.3 Å². The number of carbonyl (C=O) groups is 1. The van der Waals surface area contributed by atoms with Gasteiger partial charge in [0.1, 0.15) is 9.84 Å². The summed E-state index contributed by atoms with van der Waals surface area (Å²) in [5.74, 6) is 2.28. The standard InChI is InChI=1S/C42H66N2O4S/c1-29(2)32-16-22-42(43-25-28-44-26-18-31(19-27-44)49(8,47)48)24-23-40(6)33(37(32)42)13-14-35-39(5)20-15-30(11-9-10-12-36(45)46)38(3,4)34(39)17-21-41(35,40)7/h9-12,15,31-35,37,43H,1,13-14,16-28H2,2-8H3,(H,45,46)/b11-9-,12-10+/t32-,33+,34-,35+,37+,39-,40+,41+,42-/m0/s1. The Labute approximate surface area is 298 Å². The van der Waals surface area contributed by atoms with Crippen molar-refractivity contribution in [2.75, 3.05) is 32.4 Å². The molecule has 1 heterocycles. The smallest absolute Gasteiger partial charge is 0.328 e. The Kier molecular flexibility index (Phi) is 9.88. The third kappa shape index (κ3) is 6.18. The molecule has 5 aliphatic carbocycles. The number of hydrogen-bond donors (Lipinski definition) is 2. The molecule has 5 fully saturated rings. The van der Waals surface area contributed by atoms with E-state index < -0.39 is 15.8 Å². The molecule has 6 aliphatic rings. The molecule has 49 heavy (non-hydrogen) atoms. The molecule has 0 radical (unpaired) electrons. The van der Waals surface area contributed by atoms with Crippen LogP contribution in [0.15, 0.2) is 48.1 Å². The minimum Gasteiger partial charge on any atom is -0.478 e. The molecule has 6 rings (SSSR count). The summed E-state index contributed by atoms with van der Waals surface area (Å²) in [6.07, 6.45) is 23.7. The predicted molar refractivity (Wildman–Crippen MR) is 201 cm³/mol. The maximum absolute atomic E-state index is 12.1. The topological polar surface area (TPSA) is 86.7 Å². The van der Waals surface area contributed by atoms with Gasteiger partial charge >= 0.3 is 5.97 Å². The average Bonchev–Trinajstić information content (AvgIpc) is 3.40. The SMILES string of the molecule is C=C(C)[C@@H]1CC[C@]2(NCCN3CCC(S(C)(=O)=O)CC3)CC[C@]3(C)[C@H](CC[C@@H]4[C@@]5(C)CC=C(/C=C\C=C\C(=O)O)C(C)(C)[C@@H]5CC[C@]43C)[C@@H]12. The number of sulfone groups is 1. The quantitative estimate of drug-likeness (QED) is 0.144. The first kappa shape index (κ1) is 37.1. The van der Waals surface area contributed by atoms with Crippen LogP contribution in [0.3, 0.4) is 0 Å². The molecule has 0 aromatic heterocycles. The lowest BCUT2D eigenvalue weighted by molar-refractivity contribution is -0.221. The normalized spacial score (nSPS) is 42.7. The van der Waals surface area contributed by atoms with Gasteiger partial charge in [0.15, 0.2) is 0 Å². The number of carboxylic acid groups (broad SMARTS) is 1. The van der Waals surface area contributed by atoms with Gasteiger partial charge in [-0.1, -0.05) is 71.1 Å². The molecular formula is C42H66N2O4S. The fourth-order valence-electron chi connectivity index (χ4n) is 13.7. The van der Waals surface area contributed by atoms with E-state index in [0.29, 0.717) is 40.4 Å². The zero-order valence-electron chi connectivity index (χ0n) is 31.7. The summed E-state index contributed by atoms with van der Waals surface area (Å²) in [6.45, 7) is 23.6. The molecule has 0 amide bonds. The molecule has 0 spiro atoms. The summed E-state index contributed by atoms with van der Waals surface area (Å²) in [7, 11) is -2.95. The van der Waals surface area contributed by atoms with Crippen LogP contribution in [0.25, 0.3) is 0 Å². The summed E-state index contributed by atoms with van der Waals surface area (Å²) < 4.78 is 24.2. The van der Waals surface area contributed by atoms with Crippen LogP contribution in [-0.4, -0.2) is 67.6 Å². The van der Waals surface area contributed by atoms with Crippen molar-refractivity contribution in [2.24, 2.45) is 51.2 Å². The minimum absolute atomic E-state index is 0.0435. The third-order valence-electron chi connectivity index (χ3n) is 16.4. The molecule has 7 heteroatoms. The molecule has 6 nitrogen and oxygen atoms in total. The van der Waals surface area contributed by atoms with Gasteiger partial charge in [0.2, 0.25) is 0 Å². The number of aliphatic carboxylic acids is 1. The zero-order valence-corrected chi connectivity index (χ0v) is 32.5. The second-order valence-corrected chi connectivity index (χ2v) is 21.1. The fraction of sp³-hybridized carbons (Fsp3) is 0.786. The Morgan fingerprint density at radius 2 is 1.67 bits per heavy atom. The number of allylic oxidation sites excluding steroid dienone is 6. The van der Waals surface area contributed by atoms with Crippen LogP contribution in [0.5, 0.6) is 0 Å². The minimum atomic E-state index is -2.95. The Hall–Kier alpha value is -1.70. The number of carboxylic acids is 1. The number of fused-ring (bicyclic) bond motifs is 7. The number of nitrogens with zero attached hydrogens (tertiary/aromatic N) is 1. The largest absolute Gasteiger partial charge is 0.478 e. The van der Waals surface area contributed by atoms with Crippen LogP contribution in [0.1, 0.15) is 112 Å². The van der Waals surface area contributed by atoms with E-state index in [2.05, 4.69) is 70.5 Å². The molecule has 1 aliphatic heterocycles. The molecule has 0 aromatic rings. The summed E-state index contributed by atoms with van der Waals surface area (Å²) in [5.41, 5.74) is 3.79. The van der Waals surface area contributed by atoms with Gasteiger partial charge in [-0.15, -0.1) is 0 Å².